The van der Waals surface area contributed by atoms with Gasteiger partial charge in [0.1, 0.15) is 5.75 Å². The molecular formula is C18H17N3O6. The molecule has 1 N–H and O–H groups in total. The number of nitrogens with one attached hydrogen (secondary N) is 1. The van der Waals surface area contributed by atoms with Crippen LogP contribution >= 0.6 is 0 Å². The largest absolute Gasteiger partial charge is 0.477 e. The van der Waals surface area contributed by atoms with Crippen LogP contribution in [-0.4, -0.2) is 29.6 Å². The number of hydrogen-bond acceptors (Lipinski definition) is 7. The molecule has 2 aromatic rings. The number of nitrogens with zero attached hydrogens (tertiary/aromatic N) is 2. The summed E-state index contributed by atoms with van der Waals surface area (Å²) < 4.78 is 10.2. The summed E-state index contributed by atoms with van der Waals surface area (Å²) >= 11 is 0. The molecule has 0 saturated carbocycles. The van der Waals surface area contributed by atoms with Crippen molar-refractivity contribution in [3.05, 3.63) is 63.7 Å². The molecular weight excluding hydrogens is 354 g/mol. The highest BCUT2D eigenvalue weighted by Crippen LogP contribution is 2.27. The number of benzene rings is 2. The van der Waals surface area contributed by atoms with Gasteiger partial charge in [0, 0.05) is 18.6 Å². The number of nitro groups is 1. The van der Waals surface area contributed by atoms with E-state index in [-0.39, 0.29) is 11.4 Å². The summed E-state index contributed by atoms with van der Waals surface area (Å²) in [6, 6.07) is 11.1. The maximum atomic E-state index is 11.8. The Morgan fingerprint density at radius 2 is 1.96 bits per heavy atom. The van der Waals surface area contributed by atoms with Crippen LogP contribution in [0.4, 0.5) is 5.69 Å². The number of amides is 1. The zero-order chi connectivity index (χ0) is 19.8. The van der Waals surface area contributed by atoms with Gasteiger partial charge in [-0.25, -0.2) is 5.43 Å². The van der Waals surface area contributed by atoms with E-state index in [0.29, 0.717) is 16.9 Å². The number of carbonyl (C=O) groups excluding carboxylic acids is 2. The second kappa shape index (κ2) is 9.09. The number of carbonyl (C=O) groups is 2. The van der Waals surface area contributed by atoms with E-state index in [0.717, 1.165) is 0 Å². The Balaban J connectivity index is 1.95. The summed E-state index contributed by atoms with van der Waals surface area (Å²) in [7, 11) is 0. The van der Waals surface area contributed by atoms with Crippen molar-refractivity contribution in [3.63, 3.8) is 0 Å². The average Bonchev–Trinajstić information content (AvgIpc) is 2.61. The summed E-state index contributed by atoms with van der Waals surface area (Å²) in [6.07, 6.45) is 1.31. The third-order valence-electron chi connectivity index (χ3n) is 3.24. The number of hydrogen-bond donors (Lipinski definition) is 1. The predicted octanol–water partition coefficient (Wildman–Crippen LogP) is 2.36. The summed E-state index contributed by atoms with van der Waals surface area (Å²) in [6.45, 7) is 2.54. The van der Waals surface area contributed by atoms with Gasteiger partial charge < -0.3 is 9.47 Å². The summed E-state index contributed by atoms with van der Waals surface area (Å²) in [5.74, 6) is -0.793. The molecule has 0 aliphatic rings. The van der Waals surface area contributed by atoms with Crippen molar-refractivity contribution >= 4 is 23.8 Å². The fourth-order valence-electron chi connectivity index (χ4n) is 2.08. The van der Waals surface area contributed by atoms with Gasteiger partial charge in [-0.1, -0.05) is 18.2 Å². The van der Waals surface area contributed by atoms with Crippen molar-refractivity contribution in [2.75, 3.05) is 6.61 Å². The number of aryl methyl sites for hydroxylation is 1. The number of ether oxygens (including phenoxy) is 2. The average molecular weight is 371 g/mol. The lowest BCUT2D eigenvalue weighted by Crippen LogP contribution is -2.24. The van der Waals surface area contributed by atoms with Crippen LogP contribution in [-0.2, 0) is 9.59 Å². The number of esters is 1. The Bertz CT molecular complexity index is 894. The molecule has 2 rings (SSSR count). The number of hydrazone groups is 1. The van der Waals surface area contributed by atoms with Crippen LogP contribution in [0.3, 0.4) is 0 Å². The van der Waals surface area contributed by atoms with Gasteiger partial charge in [0.25, 0.3) is 5.91 Å². The molecule has 0 bridgehead atoms. The third kappa shape index (κ3) is 5.92. The highest BCUT2D eigenvalue weighted by atomic mass is 16.6. The molecule has 0 aliphatic carbocycles. The molecule has 0 unspecified atom stereocenters. The van der Waals surface area contributed by atoms with E-state index in [4.69, 9.17) is 9.47 Å². The minimum Gasteiger partial charge on any atom is -0.477 e. The van der Waals surface area contributed by atoms with Gasteiger partial charge in [-0.2, -0.15) is 5.10 Å². The molecule has 9 heteroatoms. The topological polar surface area (TPSA) is 120 Å². The Labute approximate surface area is 154 Å². The molecule has 27 heavy (non-hydrogen) atoms. The molecule has 0 heterocycles. The smallest absolute Gasteiger partial charge is 0.311 e. The van der Waals surface area contributed by atoms with Gasteiger partial charge >= 0.3 is 11.7 Å². The maximum Gasteiger partial charge on any atom is 0.311 e. The minimum atomic E-state index is -0.605. The van der Waals surface area contributed by atoms with Crippen molar-refractivity contribution in [2.45, 2.75) is 13.8 Å². The van der Waals surface area contributed by atoms with E-state index in [1.54, 1.807) is 37.3 Å². The molecule has 9 nitrogen and oxygen atoms in total. The molecule has 0 saturated heterocycles. The predicted molar refractivity (Wildman–Crippen MR) is 96.8 cm³/mol. The zero-order valence-corrected chi connectivity index (χ0v) is 14.7. The van der Waals surface area contributed by atoms with Crippen LogP contribution in [0.25, 0.3) is 0 Å². The van der Waals surface area contributed by atoms with Gasteiger partial charge in [0.05, 0.1) is 11.1 Å². The molecule has 0 aromatic heterocycles. The highest BCUT2D eigenvalue weighted by molar-refractivity contribution is 5.86. The van der Waals surface area contributed by atoms with E-state index in [9.17, 15) is 19.7 Å². The van der Waals surface area contributed by atoms with Crippen molar-refractivity contribution in [1.82, 2.24) is 5.43 Å². The molecule has 2 aromatic carbocycles. The molecule has 140 valence electrons. The van der Waals surface area contributed by atoms with E-state index in [1.807, 2.05) is 0 Å². The van der Waals surface area contributed by atoms with Crippen LogP contribution < -0.4 is 14.9 Å². The zero-order valence-electron chi connectivity index (χ0n) is 14.7. The molecule has 0 radical (unpaired) electrons. The summed E-state index contributed by atoms with van der Waals surface area (Å²) in [5.41, 5.74) is 3.21. The van der Waals surface area contributed by atoms with Crippen LogP contribution in [0.1, 0.15) is 18.1 Å². The fourth-order valence-corrected chi connectivity index (χ4v) is 2.08. The quantitative estimate of drug-likeness (QED) is 0.262. The first-order valence-electron chi connectivity index (χ1n) is 7.84. The van der Waals surface area contributed by atoms with Gasteiger partial charge in [-0.15, -0.1) is 0 Å². The van der Waals surface area contributed by atoms with E-state index in [1.165, 1.54) is 25.3 Å². The van der Waals surface area contributed by atoms with Gasteiger partial charge in [0.15, 0.2) is 12.4 Å². The molecule has 1 amide bonds. The number of para-hydroxylation sites is 1. The molecule has 0 fully saturated rings. The van der Waals surface area contributed by atoms with Gasteiger partial charge in [-0.3, -0.25) is 19.7 Å². The van der Waals surface area contributed by atoms with Crippen molar-refractivity contribution in [3.8, 4) is 11.5 Å². The second-order valence-electron chi connectivity index (χ2n) is 5.44. The van der Waals surface area contributed by atoms with Crippen LogP contribution in [0.15, 0.2) is 47.6 Å². The minimum absolute atomic E-state index is 0.00932. The lowest BCUT2D eigenvalue weighted by atomic mass is 10.2. The molecule has 0 aliphatic heterocycles. The normalized spacial score (nSPS) is 10.4. The van der Waals surface area contributed by atoms with Crippen LogP contribution in [0.5, 0.6) is 11.5 Å². The third-order valence-corrected chi connectivity index (χ3v) is 3.24. The maximum absolute atomic E-state index is 11.8. The standard InChI is InChI=1S/C18H17N3O6/c1-12-7-8-17(15(9-12)21(24)25)26-11-18(23)20-19-10-14-5-3-4-6-16(14)27-13(2)22/h3-10H,11H2,1-2H3,(H,20,23). The monoisotopic (exact) mass is 371 g/mol. The lowest BCUT2D eigenvalue weighted by molar-refractivity contribution is -0.385. The van der Waals surface area contributed by atoms with Crippen molar-refractivity contribution in [1.29, 1.82) is 0 Å². The van der Waals surface area contributed by atoms with Crippen LogP contribution in [0, 0.1) is 17.0 Å². The first-order valence-corrected chi connectivity index (χ1v) is 7.84. The Kier molecular flexibility index (Phi) is 6.59. The van der Waals surface area contributed by atoms with Gasteiger partial charge in [0.2, 0.25) is 0 Å². The summed E-state index contributed by atoms with van der Waals surface area (Å²) in [5, 5.41) is 14.8. The lowest BCUT2D eigenvalue weighted by Gasteiger charge is -2.07. The summed E-state index contributed by atoms with van der Waals surface area (Å²) in [4.78, 5) is 33.3. The Morgan fingerprint density at radius 3 is 2.67 bits per heavy atom. The first-order chi connectivity index (χ1) is 12.9. The highest BCUT2D eigenvalue weighted by Gasteiger charge is 2.16. The van der Waals surface area contributed by atoms with Crippen molar-refractivity contribution < 1.29 is 24.0 Å². The van der Waals surface area contributed by atoms with Gasteiger partial charge in [-0.05, 0) is 30.7 Å². The van der Waals surface area contributed by atoms with E-state index < -0.39 is 23.4 Å². The SMILES string of the molecule is CC(=O)Oc1ccccc1C=NNC(=O)COc1ccc(C)cc1[N+](=O)[O-]. The number of rotatable bonds is 7. The fraction of sp³-hybridized carbons (Fsp3) is 0.167. The van der Waals surface area contributed by atoms with Crippen LogP contribution in [0.2, 0.25) is 0 Å². The van der Waals surface area contributed by atoms with Crippen molar-refractivity contribution in [2.24, 2.45) is 5.10 Å². The molecule has 0 atom stereocenters. The Morgan fingerprint density at radius 1 is 1.22 bits per heavy atom. The first kappa shape index (κ1) is 19.6. The second-order valence-corrected chi connectivity index (χ2v) is 5.44. The van der Waals surface area contributed by atoms with E-state index >= 15 is 0 Å². The molecule has 0 spiro atoms. The number of nitro benzene ring substituents is 1. The Hall–Kier alpha value is -3.75. The van der Waals surface area contributed by atoms with E-state index in [2.05, 4.69) is 10.5 Å².